The van der Waals surface area contributed by atoms with Gasteiger partial charge in [-0.15, -0.1) is 13.2 Å². The minimum absolute atomic E-state index is 0.0262. The largest absolute Gasteiger partial charge is 0.573 e. The summed E-state index contributed by atoms with van der Waals surface area (Å²) in [6.07, 6.45) is 1.27. The number of rotatable bonds is 5. The molecule has 3 aliphatic heterocycles. The van der Waals surface area contributed by atoms with Crippen LogP contribution >= 0.6 is 0 Å². The summed E-state index contributed by atoms with van der Waals surface area (Å²) in [4.78, 5) is 27.8. The van der Waals surface area contributed by atoms with Gasteiger partial charge in [0, 0.05) is 41.9 Å². The fraction of sp³-hybridized carbons (Fsp3) is 0.304. The molecule has 3 fully saturated rings. The summed E-state index contributed by atoms with van der Waals surface area (Å²) in [5.74, 6) is -0.197. The van der Waals surface area contributed by atoms with Crippen LogP contribution in [0.3, 0.4) is 0 Å². The number of anilines is 2. The van der Waals surface area contributed by atoms with Crippen molar-refractivity contribution in [2.75, 3.05) is 36.6 Å². The van der Waals surface area contributed by atoms with Crippen molar-refractivity contribution in [3.05, 3.63) is 60.8 Å². The molecule has 2 bridgehead atoms. The SMILES string of the molecule is O=C(Nc1ccc(OC(F)(F)F)cc1)c1cnc(N2CC3COCC2CO3)c(-c2cncnc2)c1. The molecule has 3 aromatic rings. The van der Waals surface area contributed by atoms with Crippen molar-refractivity contribution < 1.29 is 32.2 Å². The van der Waals surface area contributed by atoms with Gasteiger partial charge in [-0.3, -0.25) is 4.79 Å². The van der Waals surface area contributed by atoms with Gasteiger partial charge in [0.1, 0.15) is 17.9 Å². The molecule has 35 heavy (non-hydrogen) atoms. The second-order valence-corrected chi connectivity index (χ2v) is 8.05. The zero-order chi connectivity index (χ0) is 24.4. The molecule has 182 valence electrons. The van der Waals surface area contributed by atoms with E-state index >= 15 is 0 Å². The molecular weight excluding hydrogens is 467 g/mol. The number of amides is 1. The Morgan fingerprint density at radius 3 is 2.60 bits per heavy atom. The summed E-state index contributed by atoms with van der Waals surface area (Å²) in [5, 5.41) is 2.66. The Balaban J connectivity index is 1.42. The normalized spacial score (nSPS) is 19.8. The predicted molar refractivity (Wildman–Crippen MR) is 118 cm³/mol. The Morgan fingerprint density at radius 2 is 1.86 bits per heavy atom. The van der Waals surface area contributed by atoms with Crippen LogP contribution < -0.4 is 15.0 Å². The summed E-state index contributed by atoms with van der Waals surface area (Å²) < 4.78 is 52.4. The molecule has 3 aliphatic rings. The molecule has 2 unspecified atom stereocenters. The first-order chi connectivity index (χ1) is 16.9. The van der Waals surface area contributed by atoms with Crippen LogP contribution in [0.5, 0.6) is 5.75 Å². The fourth-order valence-electron chi connectivity index (χ4n) is 4.00. The molecule has 9 nitrogen and oxygen atoms in total. The van der Waals surface area contributed by atoms with Gasteiger partial charge in [-0.25, -0.2) is 15.0 Å². The zero-order valence-electron chi connectivity index (χ0n) is 18.2. The number of carbonyl (C=O) groups is 1. The molecular formula is C23H20F3N5O4. The minimum Gasteiger partial charge on any atom is -0.406 e. The van der Waals surface area contributed by atoms with E-state index in [4.69, 9.17) is 9.47 Å². The Labute approximate surface area is 197 Å². The lowest BCUT2D eigenvalue weighted by Crippen LogP contribution is -2.50. The Morgan fingerprint density at radius 1 is 1.09 bits per heavy atom. The van der Waals surface area contributed by atoms with Gasteiger partial charge in [-0.05, 0) is 30.3 Å². The van der Waals surface area contributed by atoms with Crippen LogP contribution in [0, 0.1) is 0 Å². The van der Waals surface area contributed by atoms with Gasteiger partial charge in [0.25, 0.3) is 5.91 Å². The topological polar surface area (TPSA) is 98.7 Å². The highest BCUT2D eigenvalue weighted by Gasteiger charge is 2.35. The summed E-state index contributed by atoms with van der Waals surface area (Å²) in [6, 6.07) is 6.55. The van der Waals surface area contributed by atoms with Crippen LogP contribution in [-0.4, -0.2) is 65.7 Å². The monoisotopic (exact) mass is 487 g/mol. The third kappa shape index (κ3) is 5.33. The first-order valence-electron chi connectivity index (χ1n) is 10.7. The number of pyridine rings is 1. The highest BCUT2D eigenvalue weighted by Crippen LogP contribution is 2.33. The molecule has 6 rings (SSSR count). The van der Waals surface area contributed by atoms with Crippen LogP contribution in [0.2, 0.25) is 0 Å². The van der Waals surface area contributed by atoms with Gasteiger partial charge in [0.15, 0.2) is 0 Å². The third-order valence-electron chi connectivity index (χ3n) is 5.60. The first kappa shape index (κ1) is 23.0. The molecule has 1 amide bonds. The van der Waals surface area contributed by atoms with Crippen molar-refractivity contribution in [2.24, 2.45) is 0 Å². The second kappa shape index (κ2) is 9.47. The second-order valence-electron chi connectivity index (χ2n) is 8.05. The number of morpholine rings is 1. The van der Waals surface area contributed by atoms with Crippen LogP contribution in [0.1, 0.15) is 10.4 Å². The van der Waals surface area contributed by atoms with Crippen LogP contribution in [0.25, 0.3) is 11.1 Å². The van der Waals surface area contributed by atoms with E-state index in [0.717, 1.165) is 12.1 Å². The number of nitrogens with zero attached hydrogens (tertiary/aromatic N) is 4. The third-order valence-corrected chi connectivity index (χ3v) is 5.60. The number of fused-ring (bicyclic) bond motifs is 4. The molecule has 1 N–H and O–H groups in total. The van der Waals surface area contributed by atoms with E-state index in [1.54, 1.807) is 18.5 Å². The summed E-state index contributed by atoms with van der Waals surface area (Å²) in [5.41, 5.74) is 1.91. The van der Waals surface area contributed by atoms with Gasteiger partial charge in [-0.2, -0.15) is 0 Å². The average molecular weight is 487 g/mol. The lowest BCUT2D eigenvalue weighted by molar-refractivity contribution is -0.274. The van der Waals surface area contributed by atoms with E-state index in [-0.39, 0.29) is 23.5 Å². The maximum Gasteiger partial charge on any atom is 0.573 e. The van der Waals surface area contributed by atoms with E-state index in [1.165, 1.54) is 24.7 Å². The van der Waals surface area contributed by atoms with Crippen molar-refractivity contribution >= 4 is 17.4 Å². The maximum absolute atomic E-state index is 12.9. The summed E-state index contributed by atoms with van der Waals surface area (Å²) in [6.45, 7) is 2.10. The number of aromatic nitrogens is 3. The number of hydrogen-bond acceptors (Lipinski definition) is 8. The van der Waals surface area contributed by atoms with E-state index in [0.29, 0.717) is 49.0 Å². The summed E-state index contributed by atoms with van der Waals surface area (Å²) in [7, 11) is 0. The lowest BCUT2D eigenvalue weighted by Gasteiger charge is -2.37. The number of nitrogens with one attached hydrogen (secondary N) is 1. The van der Waals surface area contributed by atoms with Gasteiger partial charge in [0.2, 0.25) is 0 Å². The number of halogens is 3. The molecule has 0 saturated carbocycles. The zero-order valence-corrected chi connectivity index (χ0v) is 18.2. The van der Waals surface area contributed by atoms with E-state index in [1.807, 2.05) is 0 Å². The van der Waals surface area contributed by atoms with Crippen molar-refractivity contribution in [1.29, 1.82) is 0 Å². The fourth-order valence-corrected chi connectivity index (χ4v) is 4.00. The molecule has 0 aliphatic carbocycles. The smallest absolute Gasteiger partial charge is 0.406 e. The first-order valence-corrected chi connectivity index (χ1v) is 10.7. The molecule has 0 radical (unpaired) electrons. The Kier molecular flexibility index (Phi) is 6.22. The van der Waals surface area contributed by atoms with Crippen molar-refractivity contribution in [2.45, 2.75) is 18.5 Å². The van der Waals surface area contributed by atoms with Crippen LogP contribution in [-0.2, 0) is 9.47 Å². The van der Waals surface area contributed by atoms with E-state index in [9.17, 15) is 18.0 Å². The highest BCUT2D eigenvalue weighted by molar-refractivity contribution is 6.05. The van der Waals surface area contributed by atoms with Crippen LogP contribution in [0.15, 0.2) is 55.2 Å². The van der Waals surface area contributed by atoms with Crippen molar-refractivity contribution in [1.82, 2.24) is 15.0 Å². The molecule has 2 aromatic heterocycles. The molecule has 3 saturated heterocycles. The standard InChI is InChI=1S/C23H20F3N5O4/c24-23(25,26)35-18-3-1-16(2-4-18)30-22(32)14-5-20(15-6-27-13-28-7-15)21(29-8-14)31-9-19-12-33-10-17(31)11-34-19/h1-8,13,17,19H,9-12H2,(H,30,32). The molecule has 1 aromatic carbocycles. The quantitative estimate of drug-likeness (QED) is 0.586. The van der Waals surface area contributed by atoms with Gasteiger partial charge in [0.05, 0.1) is 37.5 Å². The number of hydrogen-bond donors (Lipinski definition) is 1. The minimum atomic E-state index is -4.79. The van der Waals surface area contributed by atoms with Gasteiger partial charge < -0.3 is 24.4 Å². The van der Waals surface area contributed by atoms with Crippen molar-refractivity contribution in [3.63, 3.8) is 0 Å². The van der Waals surface area contributed by atoms with E-state index < -0.39 is 12.3 Å². The Bertz CT molecular complexity index is 1190. The number of carbonyl (C=O) groups excluding carboxylic acids is 1. The average Bonchev–Trinajstić information content (AvgIpc) is 3.21. The van der Waals surface area contributed by atoms with E-state index in [2.05, 4.69) is 29.9 Å². The molecule has 0 spiro atoms. The Hall–Kier alpha value is -3.77. The number of benzene rings is 1. The van der Waals surface area contributed by atoms with Gasteiger partial charge in [-0.1, -0.05) is 0 Å². The predicted octanol–water partition coefficient (Wildman–Crippen LogP) is 3.29. The maximum atomic E-state index is 12.9. The molecule has 2 atom stereocenters. The number of alkyl halides is 3. The lowest BCUT2D eigenvalue weighted by atomic mass is 10.0. The van der Waals surface area contributed by atoms with Crippen LogP contribution in [0.4, 0.5) is 24.7 Å². The number of ether oxygens (including phenoxy) is 3. The summed E-state index contributed by atoms with van der Waals surface area (Å²) >= 11 is 0. The van der Waals surface area contributed by atoms with Gasteiger partial charge >= 0.3 is 6.36 Å². The molecule has 5 heterocycles. The molecule has 12 heteroatoms. The van der Waals surface area contributed by atoms with Crippen molar-refractivity contribution in [3.8, 4) is 16.9 Å². The highest BCUT2D eigenvalue weighted by atomic mass is 19.4.